The van der Waals surface area contributed by atoms with Gasteiger partial charge in [-0.15, -0.1) is 0 Å². The molecular weight excluding hydrogens is 449 g/mol. The summed E-state index contributed by atoms with van der Waals surface area (Å²) in [6, 6.07) is 23.6. The molecule has 0 spiro atoms. The Kier molecular flexibility index (Phi) is 4.99. The van der Waals surface area contributed by atoms with Crippen molar-refractivity contribution >= 4 is 28.4 Å². The van der Waals surface area contributed by atoms with Gasteiger partial charge in [0.25, 0.3) is 0 Å². The highest BCUT2D eigenvalue weighted by atomic mass is 127. The van der Waals surface area contributed by atoms with Gasteiger partial charge in [-0.25, -0.2) is 0 Å². The number of ketones is 1. The fraction of sp³-hybridized carbons (Fsp3) is 0.0870. The summed E-state index contributed by atoms with van der Waals surface area (Å²) in [4.78, 5) is 16.1. The second-order valence-corrected chi connectivity index (χ2v) is 7.77. The predicted octanol–water partition coefficient (Wildman–Crippen LogP) is 5.93. The fourth-order valence-corrected chi connectivity index (χ4v) is 3.54. The van der Waals surface area contributed by atoms with Crippen LogP contribution >= 0.6 is 22.6 Å². The zero-order valence-electron chi connectivity index (χ0n) is 14.8. The summed E-state index contributed by atoms with van der Waals surface area (Å²) in [6.45, 7) is 2.01. The van der Waals surface area contributed by atoms with E-state index >= 15 is 0 Å². The summed E-state index contributed by atoms with van der Waals surface area (Å²) in [7, 11) is 0. The molecule has 1 N–H and O–H groups in total. The molecule has 27 heavy (non-hydrogen) atoms. The SMILES string of the molecule is Cc1ccc(C(=O)c2ccc(C(c3ccc(I)cc3)c3ccco3)[nH]2)cc1. The van der Waals surface area contributed by atoms with Crippen LogP contribution in [0.25, 0.3) is 0 Å². The normalized spacial score (nSPS) is 12.1. The van der Waals surface area contributed by atoms with Crippen LogP contribution in [-0.2, 0) is 0 Å². The van der Waals surface area contributed by atoms with Gasteiger partial charge < -0.3 is 9.40 Å². The van der Waals surface area contributed by atoms with Gasteiger partial charge in [0.15, 0.2) is 0 Å². The van der Waals surface area contributed by atoms with Crippen LogP contribution < -0.4 is 0 Å². The molecule has 1 atom stereocenters. The van der Waals surface area contributed by atoms with Crippen molar-refractivity contribution in [2.75, 3.05) is 0 Å². The number of halogens is 1. The Balaban J connectivity index is 1.71. The quantitative estimate of drug-likeness (QED) is 0.292. The smallest absolute Gasteiger partial charge is 0.209 e. The van der Waals surface area contributed by atoms with Gasteiger partial charge in [-0.3, -0.25) is 4.79 Å². The molecule has 0 fully saturated rings. The van der Waals surface area contributed by atoms with E-state index in [0.717, 1.165) is 22.6 Å². The monoisotopic (exact) mass is 467 g/mol. The minimum Gasteiger partial charge on any atom is -0.468 e. The van der Waals surface area contributed by atoms with Crippen LogP contribution in [0.1, 0.15) is 44.6 Å². The maximum Gasteiger partial charge on any atom is 0.209 e. The standard InChI is InChI=1S/C23H18INO2/c1-15-4-6-17(7-5-15)23(26)20-13-12-19(25-20)22(21-3-2-14-27-21)16-8-10-18(24)11-9-16/h2-14,22,25H,1H3. The Hall–Kier alpha value is -2.60. The molecule has 0 aliphatic carbocycles. The maximum atomic E-state index is 12.8. The molecule has 1 unspecified atom stereocenters. The molecule has 0 saturated carbocycles. The lowest BCUT2D eigenvalue weighted by atomic mass is 9.93. The van der Waals surface area contributed by atoms with E-state index in [2.05, 4.69) is 51.8 Å². The van der Waals surface area contributed by atoms with E-state index in [0.29, 0.717) is 11.3 Å². The summed E-state index contributed by atoms with van der Waals surface area (Å²) in [5.41, 5.74) is 4.44. The molecule has 2 aromatic carbocycles. The average molecular weight is 467 g/mol. The summed E-state index contributed by atoms with van der Waals surface area (Å²) in [5.74, 6) is 0.742. The first-order chi connectivity index (χ1) is 13.1. The summed E-state index contributed by atoms with van der Waals surface area (Å²) < 4.78 is 6.87. The number of carbonyl (C=O) groups excluding carboxylic acids is 1. The van der Waals surface area contributed by atoms with Crippen molar-refractivity contribution < 1.29 is 9.21 Å². The van der Waals surface area contributed by atoms with E-state index in [9.17, 15) is 4.79 Å². The second kappa shape index (κ2) is 7.56. The number of aromatic amines is 1. The number of furan rings is 1. The lowest BCUT2D eigenvalue weighted by Gasteiger charge is -2.14. The predicted molar refractivity (Wildman–Crippen MR) is 114 cm³/mol. The molecule has 4 heteroatoms. The van der Waals surface area contributed by atoms with Crippen molar-refractivity contribution in [3.8, 4) is 0 Å². The van der Waals surface area contributed by atoms with Crippen LogP contribution in [-0.4, -0.2) is 10.8 Å². The first kappa shape index (κ1) is 17.8. The number of aryl methyl sites for hydroxylation is 1. The zero-order chi connectivity index (χ0) is 18.8. The molecular formula is C23H18INO2. The van der Waals surface area contributed by atoms with Gasteiger partial charge in [-0.05, 0) is 71.5 Å². The van der Waals surface area contributed by atoms with Crippen molar-refractivity contribution in [3.63, 3.8) is 0 Å². The number of aromatic nitrogens is 1. The fourth-order valence-electron chi connectivity index (χ4n) is 3.18. The van der Waals surface area contributed by atoms with Gasteiger partial charge in [0.1, 0.15) is 5.76 Å². The number of hydrogen-bond donors (Lipinski definition) is 1. The third-order valence-electron chi connectivity index (χ3n) is 4.61. The Morgan fingerprint density at radius 3 is 2.37 bits per heavy atom. The minimum absolute atomic E-state index is 0.0120. The molecule has 0 saturated heterocycles. The molecule has 0 amide bonds. The van der Waals surface area contributed by atoms with Gasteiger partial charge in [0.05, 0.1) is 17.9 Å². The van der Waals surface area contributed by atoms with Gasteiger partial charge in [0, 0.05) is 14.8 Å². The number of carbonyl (C=O) groups is 1. The van der Waals surface area contributed by atoms with Crippen LogP contribution in [0.3, 0.4) is 0 Å². The highest BCUT2D eigenvalue weighted by molar-refractivity contribution is 14.1. The van der Waals surface area contributed by atoms with E-state index < -0.39 is 0 Å². The van der Waals surface area contributed by atoms with Crippen LogP contribution in [0, 0.1) is 10.5 Å². The van der Waals surface area contributed by atoms with Crippen LogP contribution in [0.2, 0.25) is 0 Å². The summed E-state index contributed by atoms with van der Waals surface area (Å²) in [5, 5.41) is 0. The molecule has 134 valence electrons. The lowest BCUT2D eigenvalue weighted by Crippen LogP contribution is -2.05. The van der Waals surface area contributed by atoms with Gasteiger partial charge in [0.2, 0.25) is 5.78 Å². The maximum absolute atomic E-state index is 12.8. The largest absolute Gasteiger partial charge is 0.468 e. The van der Waals surface area contributed by atoms with Crippen molar-refractivity contribution in [1.82, 2.24) is 4.98 Å². The van der Waals surface area contributed by atoms with E-state index in [-0.39, 0.29) is 11.7 Å². The number of H-pyrrole nitrogens is 1. The number of rotatable bonds is 5. The van der Waals surface area contributed by atoms with Gasteiger partial charge in [-0.2, -0.15) is 0 Å². The third kappa shape index (κ3) is 3.76. The molecule has 3 nitrogen and oxygen atoms in total. The third-order valence-corrected chi connectivity index (χ3v) is 5.33. The van der Waals surface area contributed by atoms with E-state index in [1.54, 1.807) is 6.26 Å². The van der Waals surface area contributed by atoms with E-state index in [4.69, 9.17) is 4.42 Å². The Morgan fingerprint density at radius 1 is 0.963 bits per heavy atom. The molecule has 0 radical (unpaired) electrons. The molecule has 0 bridgehead atoms. The summed E-state index contributed by atoms with van der Waals surface area (Å²) >= 11 is 2.29. The van der Waals surface area contributed by atoms with E-state index in [1.165, 1.54) is 3.57 Å². The first-order valence-electron chi connectivity index (χ1n) is 8.71. The highest BCUT2D eigenvalue weighted by Gasteiger charge is 2.22. The zero-order valence-corrected chi connectivity index (χ0v) is 16.9. The Morgan fingerprint density at radius 2 is 1.70 bits per heavy atom. The molecule has 0 aliphatic heterocycles. The van der Waals surface area contributed by atoms with Gasteiger partial charge in [-0.1, -0.05) is 42.0 Å². The lowest BCUT2D eigenvalue weighted by molar-refractivity contribution is 0.103. The van der Waals surface area contributed by atoms with Crippen molar-refractivity contribution in [2.45, 2.75) is 12.8 Å². The van der Waals surface area contributed by atoms with E-state index in [1.807, 2.05) is 55.5 Å². The Bertz CT molecular complexity index is 1040. The second-order valence-electron chi connectivity index (χ2n) is 6.52. The molecule has 4 rings (SSSR count). The molecule has 4 aromatic rings. The molecule has 2 heterocycles. The number of benzene rings is 2. The number of nitrogens with one attached hydrogen (secondary N) is 1. The molecule has 0 aliphatic rings. The van der Waals surface area contributed by atoms with Crippen molar-refractivity contribution in [1.29, 1.82) is 0 Å². The first-order valence-corrected chi connectivity index (χ1v) is 9.79. The Labute approximate surface area is 171 Å². The molecule has 2 aromatic heterocycles. The minimum atomic E-state index is -0.0865. The highest BCUT2D eigenvalue weighted by Crippen LogP contribution is 2.32. The summed E-state index contributed by atoms with van der Waals surface area (Å²) in [6.07, 6.45) is 1.68. The van der Waals surface area contributed by atoms with Crippen LogP contribution in [0.4, 0.5) is 0 Å². The van der Waals surface area contributed by atoms with Gasteiger partial charge >= 0.3 is 0 Å². The topological polar surface area (TPSA) is 46.0 Å². The number of hydrogen-bond acceptors (Lipinski definition) is 2. The van der Waals surface area contributed by atoms with Crippen LogP contribution in [0.15, 0.2) is 83.5 Å². The van der Waals surface area contributed by atoms with Crippen LogP contribution in [0.5, 0.6) is 0 Å². The van der Waals surface area contributed by atoms with Crippen molar-refractivity contribution in [2.24, 2.45) is 0 Å². The van der Waals surface area contributed by atoms with Crippen molar-refractivity contribution in [3.05, 3.63) is 116 Å². The average Bonchev–Trinajstić information content (AvgIpc) is 3.36.